The summed E-state index contributed by atoms with van der Waals surface area (Å²) in [5.74, 6) is -3.94. The Morgan fingerprint density at radius 1 is 0.643 bits per heavy atom. The summed E-state index contributed by atoms with van der Waals surface area (Å²) < 4.78 is 37.4. The van der Waals surface area contributed by atoms with Crippen LogP contribution in [0.4, 0.5) is 0 Å². The molecular weight excluding hydrogens is 380 g/mol. The van der Waals surface area contributed by atoms with Crippen molar-refractivity contribution >= 4 is 29.8 Å². The molecule has 0 aliphatic rings. The van der Waals surface area contributed by atoms with E-state index in [9.17, 15) is 24.0 Å². The highest BCUT2D eigenvalue weighted by Crippen LogP contribution is 2.20. The maximum Gasteiger partial charge on any atom is 0.303 e. The first-order valence-electron chi connectivity index (χ1n) is 8.87. The average molecular weight is 407 g/mol. The molecule has 4 atom stereocenters. The third-order valence-corrected chi connectivity index (χ3v) is 3.03. The molecule has 0 fully saturated rings. The number of carbonyl (C=O) groups excluding carboxylic acids is 5. The third kappa shape index (κ3) is 10.5. The Morgan fingerprint density at radius 3 is 1.36 bits per heavy atom. The first-order chi connectivity index (χ1) is 13.5. The SMILES string of the molecule is [2H]COC[C@@H](OC(C)=O)[C@@H](OC(C)=O)[C@H](OC(C)=O)[C@H](COC(C)=O)OC(C)=O. The van der Waals surface area contributed by atoms with Gasteiger partial charge in [0.25, 0.3) is 0 Å². The second kappa shape index (κ2) is 12.7. The van der Waals surface area contributed by atoms with Gasteiger partial charge in [-0.2, -0.15) is 0 Å². The molecule has 0 heterocycles. The van der Waals surface area contributed by atoms with E-state index in [0.717, 1.165) is 34.6 Å². The van der Waals surface area contributed by atoms with Gasteiger partial charge in [-0.15, -0.1) is 0 Å². The summed E-state index contributed by atoms with van der Waals surface area (Å²) in [4.78, 5) is 57.5. The molecule has 11 heteroatoms. The summed E-state index contributed by atoms with van der Waals surface area (Å²) >= 11 is 0. The summed E-state index contributed by atoms with van der Waals surface area (Å²) in [5, 5.41) is 0. The highest BCUT2D eigenvalue weighted by Gasteiger charge is 2.43. The van der Waals surface area contributed by atoms with Crippen LogP contribution in [0.5, 0.6) is 0 Å². The summed E-state index contributed by atoms with van der Waals surface area (Å²) in [7, 11) is -0.496. The Hall–Kier alpha value is -2.69. The number of rotatable bonds is 11. The molecule has 0 aromatic carbocycles. The summed E-state index contributed by atoms with van der Waals surface area (Å²) in [5.41, 5.74) is 0. The summed E-state index contributed by atoms with van der Waals surface area (Å²) in [6, 6.07) is 0. The molecule has 0 unspecified atom stereocenters. The van der Waals surface area contributed by atoms with Crippen molar-refractivity contribution in [2.45, 2.75) is 59.0 Å². The number of hydrogen-bond donors (Lipinski definition) is 0. The minimum absolute atomic E-state index is 0.390. The first-order valence-corrected chi connectivity index (χ1v) is 8.17. The highest BCUT2D eigenvalue weighted by molar-refractivity contribution is 5.69. The molecule has 0 saturated carbocycles. The van der Waals surface area contributed by atoms with Gasteiger partial charge in [0.05, 0.1) is 7.98 Å². The minimum atomic E-state index is -1.52. The van der Waals surface area contributed by atoms with Gasteiger partial charge in [-0.1, -0.05) is 0 Å². The average Bonchev–Trinajstić information content (AvgIpc) is 2.57. The molecule has 0 aliphatic carbocycles. The number of methoxy groups -OCH3 is 1. The van der Waals surface area contributed by atoms with Crippen LogP contribution >= 0.6 is 0 Å². The fraction of sp³-hybridized carbons (Fsp3) is 0.706. The van der Waals surface area contributed by atoms with Gasteiger partial charge in [0, 0.05) is 41.7 Å². The van der Waals surface area contributed by atoms with E-state index in [0.29, 0.717) is 0 Å². The molecule has 11 nitrogen and oxygen atoms in total. The molecule has 0 aromatic rings. The van der Waals surface area contributed by atoms with E-state index < -0.39 is 68.0 Å². The van der Waals surface area contributed by atoms with Gasteiger partial charge in [-0.3, -0.25) is 24.0 Å². The van der Waals surface area contributed by atoms with Crippen LogP contribution < -0.4 is 0 Å². The molecule has 160 valence electrons. The molecule has 0 radical (unpaired) electrons. The molecule has 0 aromatic heterocycles. The lowest BCUT2D eigenvalue weighted by Gasteiger charge is -2.35. The summed E-state index contributed by atoms with van der Waals surface area (Å²) in [6.07, 6.45) is -5.72. The van der Waals surface area contributed by atoms with Crippen molar-refractivity contribution in [3.05, 3.63) is 0 Å². The van der Waals surface area contributed by atoms with Crippen LogP contribution in [-0.2, 0) is 52.4 Å². The highest BCUT2D eigenvalue weighted by atomic mass is 16.6. The van der Waals surface area contributed by atoms with Crippen LogP contribution in [0.25, 0.3) is 0 Å². The number of hydrogen-bond acceptors (Lipinski definition) is 11. The third-order valence-electron chi connectivity index (χ3n) is 3.03. The van der Waals surface area contributed by atoms with Crippen molar-refractivity contribution in [2.75, 3.05) is 20.3 Å². The molecule has 0 aliphatic heterocycles. The monoisotopic (exact) mass is 407 g/mol. The van der Waals surface area contributed by atoms with Gasteiger partial charge in [0.1, 0.15) is 6.61 Å². The first kappa shape index (κ1) is 23.3. The van der Waals surface area contributed by atoms with Crippen molar-refractivity contribution in [3.63, 3.8) is 0 Å². The quantitative estimate of drug-likeness (QED) is 0.335. The van der Waals surface area contributed by atoms with Crippen molar-refractivity contribution < 1.29 is 53.8 Å². The fourth-order valence-corrected chi connectivity index (χ4v) is 2.23. The predicted molar refractivity (Wildman–Crippen MR) is 90.7 cm³/mol. The van der Waals surface area contributed by atoms with E-state index in [4.69, 9.17) is 29.8 Å². The Labute approximate surface area is 163 Å². The lowest BCUT2D eigenvalue weighted by Crippen LogP contribution is -2.54. The maximum absolute atomic E-state index is 11.7. The van der Waals surface area contributed by atoms with Crippen LogP contribution in [0.15, 0.2) is 0 Å². The molecule has 0 saturated heterocycles. The molecule has 0 spiro atoms. The van der Waals surface area contributed by atoms with Gasteiger partial charge < -0.3 is 28.4 Å². The van der Waals surface area contributed by atoms with E-state index in [1.54, 1.807) is 0 Å². The van der Waals surface area contributed by atoms with Gasteiger partial charge in [0.2, 0.25) is 0 Å². The zero-order valence-electron chi connectivity index (χ0n) is 17.4. The number of carbonyl (C=O) groups is 5. The molecule has 28 heavy (non-hydrogen) atoms. The molecule has 0 rings (SSSR count). The smallest absolute Gasteiger partial charge is 0.303 e. The van der Waals surface area contributed by atoms with Gasteiger partial charge >= 0.3 is 29.8 Å². The Balaban J connectivity index is 6.10. The summed E-state index contributed by atoms with van der Waals surface area (Å²) in [6.45, 7) is 4.45. The molecule has 0 amide bonds. The van der Waals surface area contributed by atoms with Crippen molar-refractivity contribution in [1.82, 2.24) is 0 Å². The van der Waals surface area contributed by atoms with Crippen molar-refractivity contribution in [1.29, 1.82) is 0 Å². The number of esters is 5. The van der Waals surface area contributed by atoms with Gasteiger partial charge in [-0.25, -0.2) is 0 Å². The molecular formula is C17H26O11. The van der Waals surface area contributed by atoms with E-state index in [1.165, 1.54) is 0 Å². The standard InChI is InChI=1S/C17H26O11/c1-9(18)24-8-15(26-11(3)20)17(28-13(5)22)16(27-12(4)21)14(7-23-6)25-10(2)19/h14-17H,7-8H2,1-6H3/t14-,15+,16-,17-/m1/s1/i6D. The second-order valence-electron chi connectivity index (χ2n) is 5.62. The number of ether oxygens (including phenoxy) is 6. The molecule has 0 bridgehead atoms. The van der Waals surface area contributed by atoms with Gasteiger partial charge in [0.15, 0.2) is 24.4 Å². The van der Waals surface area contributed by atoms with E-state index in [1.807, 2.05) is 0 Å². The zero-order valence-corrected chi connectivity index (χ0v) is 16.4. The van der Waals surface area contributed by atoms with E-state index in [-0.39, 0.29) is 6.61 Å². The lowest BCUT2D eigenvalue weighted by molar-refractivity contribution is -0.205. The van der Waals surface area contributed by atoms with E-state index in [2.05, 4.69) is 0 Å². The Morgan fingerprint density at radius 2 is 1.04 bits per heavy atom. The Kier molecular flexibility index (Phi) is 10.6. The van der Waals surface area contributed by atoms with Gasteiger partial charge in [-0.05, 0) is 0 Å². The van der Waals surface area contributed by atoms with Crippen LogP contribution in [0.2, 0.25) is 0 Å². The second-order valence-corrected chi connectivity index (χ2v) is 5.62. The normalized spacial score (nSPS) is 15.1. The van der Waals surface area contributed by atoms with E-state index >= 15 is 0 Å². The van der Waals surface area contributed by atoms with Crippen LogP contribution in [0.3, 0.4) is 0 Å². The topological polar surface area (TPSA) is 141 Å². The largest absolute Gasteiger partial charge is 0.462 e. The Bertz CT molecular complexity index is 592. The zero-order chi connectivity index (χ0) is 22.6. The van der Waals surface area contributed by atoms with Crippen LogP contribution in [0.1, 0.15) is 36.0 Å². The lowest BCUT2D eigenvalue weighted by atomic mass is 10.0. The minimum Gasteiger partial charge on any atom is -0.462 e. The predicted octanol–water partition coefficient (Wildman–Crippen LogP) is -0.0773. The fourth-order valence-electron chi connectivity index (χ4n) is 2.23. The van der Waals surface area contributed by atoms with Crippen molar-refractivity contribution in [3.8, 4) is 0 Å². The molecule has 0 N–H and O–H groups in total. The van der Waals surface area contributed by atoms with Crippen molar-refractivity contribution in [2.24, 2.45) is 0 Å². The van der Waals surface area contributed by atoms with Crippen LogP contribution in [0, 0.1) is 0 Å². The van der Waals surface area contributed by atoms with Crippen LogP contribution in [-0.4, -0.2) is 74.6 Å². The maximum atomic E-state index is 11.7.